The summed E-state index contributed by atoms with van der Waals surface area (Å²) < 4.78 is 12.0. The zero-order valence-electron chi connectivity index (χ0n) is 22.0. The van der Waals surface area contributed by atoms with Gasteiger partial charge in [0.05, 0.1) is 46.5 Å². The van der Waals surface area contributed by atoms with Crippen molar-refractivity contribution in [3.63, 3.8) is 0 Å². The third-order valence-electron chi connectivity index (χ3n) is 8.45. The molecule has 3 heterocycles. The van der Waals surface area contributed by atoms with E-state index in [9.17, 15) is 19.8 Å². The van der Waals surface area contributed by atoms with Crippen LogP contribution in [0, 0.1) is 18.3 Å². The largest absolute Gasteiger partial charge is 0.458 e. The molecule has 0 aromatic carbocycles. The van der Waals surface area contributed by atoms with Crippen LogP contribution in [-0.2, 0) is 19.1 Å². The Morgan fingerprint density at radius 3 is 2.56 bits per heavy atom. The van der Waals surface area contributed by atoms with E-state index >= 15 is 0 Å². The first-order valence-electron chi connectivity index (χ1n) is 13.0. The smallest absolute Gasteiger partial charge is 0.309 e. The van der Waals surface area contributed by atoms with E-state index in [-0.39, 0.29) is 23.9 Å². The van der Waals surface area contributed by atoms with E-state index in [1.807, 2.05) is 38.3 Å². The lowest BCUT2D eigenvalue weighted by Gasteiger charge is -2.45. The number of rotatable bonds is 2. The zero-order valence-corrected chi connectivity index (χ0v) is 22.8. The lowest BCUT2D eigenvalue weighted by atomic mass is 9.59. The van der Waals surface area contributed by atoms with Crippen molar-refractivity contribution < 1.29 is 29.3 Å². The van der Waals surface area contributed by atoms with Crippen molar-refractivity contribution in [1.29, 1.82) is 0 Å². The molecule has 1 aliphatic carbocycles. The number of nitrogens with zero attached hydrogens (tertiary/aromatic N) is 1. The highest BCUT2D eigenvalue weighted by molar-refractivity contribution is 7.09. The molecule has 3 aliphatic rings. The third kappa shape index (κ3) is 5.52. The SMILES string of the molecule is CC(=Cc1csc(C)n1)[C@@H]1C[C@@H]2O[C@@]2(C)CC/C=C(\C)[C@H](O)[C@@H](C)C(=O)C2(CCC2)[C@@H](O)CC(=O)O1. The van der Waals surface area contributed by atoms with Crippen molar-refractivity contribution >= 4 is 29.2 Å². The lowest BCUT2D eigenvalue weighted by Crippen LogP contribution is -2.52. The van der Waals surface area contributed by atoms with Gasteiger partial charge < -0.3 is 19.7 Å². The van der Waals surface area contributed by atoms with Gasteiger partial charge in [-0.05, 0) is 70.6 Å². The molecule has 1 aromatic heterocycles. The Labute approximate surface area is 217 Å². The average molecular weight is 518 g/mol. The number of aryl methyl sites for hydroxylation is 1. The highest BCUT2D eigenvalue weighted by atomic mass is 32.1. The first kappa shape index (κ1) is 27.2. The van der Waals surface area contributed by atoms with E-state index in [4.69, 9.17) is 9.47 Å². The first-order valence-corrected chi connectivity index (χ1v) is 13.9. The number of hydrogen-bond acceptors (Lipinski definition) is 8. The minimum atomic E-state index is -1.15. The predicted molar refractivity (Wildman–Crippen MR) is 138 cm³/mol. The van der Waals surface area contributed by atoms with Gasteiger partial charge in [-0.15, -0.1) is 11.3 Å². The van der Waals surface area contributed by atoms with E-state index in [0.29, 0.717) is 25.7 Å². The number of aliphatic hydroxyl groups is 2. The Bertz CT molecular complexity index is 1060. The topological polar surface area (TPSA) is 109 Å². The average Bonchev–Trinajstić information content (AvgIpc) is 3.22. The van der Waals surface area contributed by atoms with Gasteiger partial charge >= 0.3 is 5.97 Å². The number of Topliss-reactive ketones (excluding diaryl/α,β-unsaturated/α-hetero) is 1. The van der Waals surface area contributed by atoms with Crippen LogP contribution in [0.25, 0.3) is 6.08 Å². The van der Waals surface area contributed by atoms with E-state index in [2.05, 4.69) is 11.9 Å². The molecule has 0 amide bonds. The number of carbonyl (C=O) groups excluding carboxylic acids is 2. The van der Waals surface area contributed by atoms with Gasteiger partial charge in [0, 0.05) is 17.7 Å². The summed E-state index contributed by atoms with van der Waals surface area (Å²) in [5, 5.41) is 24.9. The summed E-state index contributed by atoms with van der Waals surface area (Å²) in [6.07, 6.45) is 4.84. The van der Waals surface area contributed by atoms with Gasteiger partial charge in [-0.3, -0.25) is 9.59 Å². The number of ketones is 1. The van der Waals surface area contributed by atoms with Crippen LogP contribution in [0.15, 0.2) is 22.6 Å². The number of fused-ring (bicyclic) bond motifs is 1. The van der Waals surface area contributed by atoms with Crippen LogP contribution in [0.3, 0.4) is 0 Å². The fraction of sp³-hybridized carbons (Fsp3) is 0.679. The van der Waals surface area contributed by atoms with Gasteiger partial charge in [-0.1, -0.05) is 19.4 Å². The van der Waals surface area contributed by atoms with Gasteiger partial charge in [0.1, 0.15) is 11.9 Å². The summed E-state index contributed by atoms with van der Waals surface area (Å²) in [5.74, 6) is -1.38. The molecule has 1 spiro atoms. The van der Waals surface area contributed by atoms with Gasteiger partial charge in [-0.2, -0.15) is 0 Å². The maximum absolute atomic E-state index is 13.5. The second-order valence-corrected chi connectivity index (χ2v) is 12.2. The minimum Gasteiger partial charge on any atom is -0.458 e. The van der Waals surface area contributed by atoms with Crippen molar-refractivity contribution in [3.05, 3.63) is 33.3 Å². The van der Waals surface area contributed by atoms with Crippen molar-refractivity contribution in [2.24, 2.45) is 11.3 Å². The van der Waals surface area contributed by atoms with Crippen LogP contribution in [-0.4, -0.2) is 57.0 Å². The number of thiazole rings is 1. The van der Waals surface area contributed by atoms with Crippen LogP contribution in [0.4, 0.5) is 0 Å². The molecule has 1 saturated carbocycles. The Kier molecular flexibility index (Phi) is 7.91. The molecule has 7 nitrogen and oxygen atoms in total. The molecule has 0 unspecified atom stereocenters. The van der Waals surface area contributed by atoms with Crippen molar-refractivity contribution in [1.82, 2.24) is 4.98 Å². The van der Waals surface area contributed by atoms with E-state index < -0.39 is 35.6 Å². The molecule has 2 N–H and O–H groups in total. The Balaban J connectivity index is 1.61. The van der Waals surface area contributed by atoms with E-state index in [0.717, 1.165) is 34.7 Å². The predicted octanol–water partition coefficient (Wildman–Crippen LogP) is 4.54. The molecule has 0 radical (unpaired) electrons. The van der Waals surface area contributed by atoms with Crippen LogP contribution in [0.1, 0.15) is 83.3 Å². The number of allylic oxidation sites excluding steroid dienone is 1. The van der Waals surface area contributed by atoms with Crippen molar-refractivity contribution in [2.75, 3.05) is 0 Å². The maximum atomic E-state index is 13.5. The van der Waals surface area contributed by atoms with Gasteiger partial charge in [0.15, 0.2) is 0 Å². The molecule has 8 heteroatoms. The monoisotopic (exact) mass is 517 g/mol. The second-order valence-electron chi connectivity index (χ2n) is 11.1. The molecule has 2 fully saturated rings. The van der Waals surface area contributed by atoms with Gasteiger partial charge in [0.2, 0.25) is 0 Å². The summed E-state index contributed by atoms with van der Waals surface area (Å²) in [6.45, 7) is 9.48. The first-order chi connectivity index (χ1) is 16.9. The van der Waals surface area contributed by atoms with Gasteiger partial charge in [-0.25, -0.2) is 4.98 Å². The maximum Gasteiger partial charge on any atom is 0.309 e. The molecule has 36 heavy (non-hydrogen) atoms. The molecule has 1 aromatic rings. The lowest BCUT2D eigenvalue weighted by molar-refractivity contribution is -0.160. The quantitative estimate of drug-likeness (QED) is 0.337. The number of hydrogen-bond donors (Lipinski definition) is 2. The summed E-state index contributed by atoms with van der Waals surface area (Å²) in [6, 6.07) is 0. The van der Waals surface area contributed by atoms with E-state index in [1.54, 1.807) is 18.3 Å². The molecule has 4 rings (SSSR count). The number of esters is 1. The number of cyclic esters (lactones) is 1. The number of aromatic nitrogens is 1. The minimum absolute atomic E-state index is 0.0641. The molecule has 2 aliphatic heterocycles. The summed E-state index contributed by atoms with van der Waals surface area (Å²) in [7, 11) is 0. The number of ether oxygens (including phenoxy) is 2. The Morgan fingerprint density at radius 1 is 1.22 bits per heavy atom. The van der Waals surface area contributed by atoms with Crippen LogP contribution in [0.2, 0.25) is 0 Å². The molecule has 6 atom stereocenters. The Morgan fingerprint density at radius 2 is 1.94 bits per heavy atom. The molecular weight excluding hydrogens is 478 g/mol. The third-order valence-corrected chi connectivity index (χ3v) is 9.24. The standard InChI is InChI=1S/C28H39NO6S/c1-16-8-6-9-27(5)23(35-27)13-21(17(2)12-20-15-36-19(4)29-20)34-24(31)14-22(30)28(10-7-11-28)26(33)18(3)25(16)32/h8,12,15,18,21-23,25,30,32H,6-7,9-11,13-14H2,1-5H3/b16-8+,17-12?/t18-,21+,22+,23+,25+,27+/m1/s1. The molecule has 0 bridgehead atoms. The van der Waals surface area contributed by atoms with Crippen molar-refractivity contribution in [3.8, 4) is 0 Å². The second kappa shape index (κ2) is 10.5. The summed E-state index contributed by atoms with van der Waals surface area (Å²) >= 11 is 1.56. The van der Waals surface area contributed by atoms with Crippen LogP contribution in [0.5, 0.6) is 0 Å². The van der Waals surface area contributed by atoms with Crippen LogP contribution < -0.4 is 0 Å². The fourth-order valence-corrected chi connectivity index (χ4v) is 6.23. The highest BCUT2D eigenvalue weighted by Gasteiger charge is 2.54. The zero-order chi connectivity index (χ0) is 26.3. The highest BCUT2D eigenvalue weighted by Crippen LogP contribution is 2.49. The van der Waals surface area contributed by atoms with Crippen molar-refractivity contribution in [2.45, 2.75) is 110 Å². The molecular formula is C28H39NO6S. The van der Waals surface area contributed by atoms with Gasteiger partial charge in [0.25, 0.3) is 0 Å². The number of carbonyl (C=O) groups is 2. The molecule has 198 valence electrons. The van der Waals surface area contributed by atoms with Crippen LogP contribution >= 0.6 is 11.3 Å². The fourth-order valence-electron chi connectivity index (χ4n) is 5.66. The van der Waals surface area contributed by atoms with E-state index in [1.165, 1.54) is 0 Å². The number of epoxide rings is 1. The normalized spacial score (nSPS) is 37.5. The Hall–Kier alpha value is -1.87. The summed E-state index contributed by atoms with van der Waals surface area (Å²) in [4.78, 5) is 31.0. The number of aliphatic hydroxyl groups excluding tert-OH is 2. The molecule has 1 saturated heterocycles. The summed E-state index contributed by atoms with van der Waals surface area (Å²) in [5.41, 5.74) is 1.10.